The van der Waals surface area contributed by atoms with Crippen LogP contribution in [-0.2, 0) is 10.8 Å². The molecule has 1 fully saturated rings. The summed E-state index contributed by atoms with van der Waals surface area (Å²) in [5.41, 5.74) is 0. The van der Waals surface area contributed by atoms with Gasteiger partial charge in [-0.1, -0.05) is 18.2 Å². The first-order chi connectivity index (χ1) is 12.8. The van der Waals surface area contributed by atoms with E-state index in [1.165, 1.54) is 5.00 Å². The summed E-state index contributed by atoms with van der Waals surface area (Å²) in [5.74, 6) is 1.48. The number of hydrogen-bond acceptors (Lipinski definition) is 4. The van der Waals surface area contributed by atoms with Gasteiger partial charge in [0, 0.05) is 43.4 Å². The molecular weight excluding hydrogens is 491 g/mol. The molecule has 8 heteroatoms. The number of aliphatic imine (C=N–C) groups is 1. The van der Waals surface area contributed by atoms with Crippen LogP contribution in [-0.4, -0.2) is 60.1 Å². The smallest absolute Gasteiger partial charge is 0.194 e. The molecule has 0 bridgehead atoms. The van der Waals surface area contributed by atoms with Crippen molar-refractivity contribution in [1.82, 2.24) is 10.2 Å². The molecule has 5 nitrogen and oxygen atoms in total. The van der Waals surface area contributed by atoms with Gasteiger partial charge in [-0.3, -0.25) is 9.20 Å². The van der Waals surface area contributed by atoms with Gasteiger partial charge in [-0.15, -0.1) is 35.3 Å². The molecule has 1 saturated heterocycles. The number of guanidine groups is 1. The lowest BCUT2D eigenvalue weighted by Crippen LogP contribution is -2.52. The van der Waals surface area contributed by atoms with Crippen LogP contribution in [0.2, 0.25) is 0 Å². The third kappa shape index (κ3) is 6.46. The predicted octanol–water partition coefficient (Wildman–Crippen LogP) is 3.26. The Morgan fingerprint density at radius 1 is 1.15 bits per heavy atom. The Balaban J connectivity index is 0.00000261. The molecule has 1 atom stereocenters. The molecule has 0 radical (unpaired) electrons. The second-order valence-corrected chi connectivity index (χ2v) is 8.52. The average Bonchev–Trinajstić information content (AvgIpc) is 3.23. The number of rotatable bonds is 6. The van der Waals surface area contributed by atoms with E-state index in [2.05, 4.69) is 39.6 Å². The molecule has 1 aliphatic heterocycles. The molecule has 0 amide bonds. The zero-order valence-corrected chi connectivity index (χ0v) is 19.5. The molecule has 27 heavy (non-hydrogen) atoms. The highest BCUT2D eigenvalue weighted by Gasteiger charge is 2.20. The summed E-state index contributed by atoms with van der Waals surface area (Å²) in [4.78, 5) is 10.3. The summed E-state index contributed by atoms with van der Waals surface area (Å²) < 4.78 is 12.3. The number of halogens is 1. The van der Waals surface area contributed by atoms with Gasteiger partial charge in [0.1, 0.15) is 0 Å². The fourth-order valence-corrected chi connectivity index (χ4v) is 4.68. The van der Waals surface area contributed by atoms with E-state index in [-0.39, 0.29) is 24.0 Å². The van der Waals surface area contributed by atoms with Crippen LogP contribution in [0.15, 0.2) is 57.7 Å². The molecular formula is C19H27IN4OS2. The number of piperazine rings is 1. The Bertz CT molecular complexity index is 717. The molecule has 3 rings (SSSR count). The van der Waals surface area contributed by atoms with Gasteiger partial charge in [-0.05, 0) is 36.6 Å². The minimum absolute atomic E-state index is 0. The number of thiophene rings is 1. The van der Waals surface area contributed by atoms with Gasteiger partial charge < -0.3 is 15.1 Å². The largest absolute Gasteiger partial charge is 0.360 e. The normalized spacial score (nSPS) is 16.0. The minimum Gasteiger partial charge on any atom is -0.360 e. The van der Waals surface area contributed by atoms with Crippen molar-refractivity contribution in [2.24, 2.45) is 4.99 Å². The molecule has 1 N–H and O–H groups in total. The topological polar surface area (TPSA) is 47.9 Å². The van der Waals surface area contributed by atoms with E-state index in [0.717, 1.165) is 43.6 Å². The summed E-state index contributed by atoms with van der Waals surface area (Å²) in [7, 11) is -0.995. The first-order valence-electron chi connectivity index (χ1n) is 9.03. The van der Waals surface area contributed by atoms with Crippen molar-refractivity contribution in [3.05, 3.63) is 47.8 Å². The first kappa shape index (κ1) is 22.2. The van der Waals surface area contributed by atoms with Crippen LogP contribution in [0.3, 0.4) is 0 Å². The summed E-state index contributed by atoms with van der Waals surface area (Å²) in [5, 5.41) is 6.84. The number of hydrogen-bond donors (Lipinski definition) is 1. The van der Waals surface area contributed by atoms with Gasteiger partial charge in [0.15, 0.2) is 5.96 Å². The average molecular weight is 518 g/mol. The van der Waals surface area contributed by atoms with Gasteiger partial charge >= 0.3 is 0 Å². The second kappa shape index (κ2) is 11.7. The van der Waals surface area contributed by atoms with E-state index in [0.29, 0.717) is 12.3 Å². The molecule has 1 aromatic heterocycles. The molecule has 1 aromatic carbocycles. The third-order valence-corrected chi connectivity index (χ3v) is 6.56. The van der Waals surface area contributed by atoms with Crippen LogP contribution in [0.1, 0.15) is 6.92 Å². The fourth-order valence-electron chi connectivity index (χ4n) is 2.94. The highest BCUT2D eigenvalue weighted by molar-refractivity contribution is 14.0. The van der Waals surface area contributed by atoms with Crippen LogP contribution in [0.4, 0.5) is 5.00 Å². The molecule has 148 valence electrons. The van der Waals surface area contributed by atoms with Gasteiger partial charge in [0.2, 0.25) is 0 Å². The quantitative estimate of drug-likeness (QED) is 0.363. The second-order valence-electron chi connectivity index (χ2n) is 6.02. The maximum Gasteiger partial charge on any atom is 0.194 e. The lowest BCUT2D eigenvalue weighted by atomic mass is 10.3. The molecule has 0 saturated carbocycles. The van der Waals surface area contributed by atoms with Crippen molar-refractivity contribution in [1.29, 1.82) is 0 Å². The maximum absolute atomic E-state index is 12.3. The van der Waals surface area contributed by atoms with Gasteiger partial charge in [-0.25, -0.2) is 0 Å². The minimum atomic E-state index is -0.995. The molecule has 0 aliphatic carbocycles. The van der Waals surface area contributed by atoms with E-state index in [1.54, 1.807) is 11.3 Å². The number of nitrogens with zero attached hydrogens (tertiary/aromatic N) is 3. The highest BCUT2D eigenvalue weighted by Crippen LogP contribution is 2.22. The van der Waals surface area contributed by atoms with Crippen LogP contribution in [0.25, 0.3) is 0 Å². The maximum atomic E-state index is 12.3. The van der Waals surface area contributed by atoms with Crippen LogP contribution >= 0.6 is 35.3 Å². The standard InChI is InChI=1S/C19H26N4OS2.HI/c1-2-20-19(21-10-16-26(24)17-7-4-3-5-8-17)23-13-11-22(12-14-23)18-9-6-15-25-18;/h3-9,15H,2,10-14,16H2,1H3,(H,20,21);1H. The first-order valence-corrected chi connectivity index (χ1v) is 11.2. The van der Waals surface area contributed by atoms with E-state index < -0.39 is 10.8 Å². The van der Waals surface area contributed by atoms with Crippen molar-refractivity contribution in [2.45, 2.75) is 11.8 Å². The SMILES string of the molecule is CCNC(=NCCS(=O)c1ccccc1)N1CCN(c2cccs2)CC1.I. The van der Waals surface area contributed by atoms with Crippen LogP contribution in [0.5, 0.6) is 0 Å². The van der Waals surface area contributed by atoms with Gasteiger partial charge in [0.05, 0.1) is 22.3 Å². The Labute approximate surface area is 185 Å². The fraction of sp³-hybridized carbons (Fsp3) is 0.421. The van der Waals surface area contributed by atoms with Crippen LogP contribution in [0, 0.1) is 0 Å². The number of anilines is 1. The molecule has 1 unspecified atom stereocenters. The van der Waals surface area contributed by atoms with Crippen molar-refractivity contribution < 1.29 is 4.21 Å². The molecule has 1 aliphatic rings. The molecule has 0 spiro atoms. The molecule has 2 heterocycles. The Morgan fingerprint density at radius 3 is 2.52 bits per heavy atom. The van der Waals surface area contributed by atoms with E-state index in [1.807, 2.05) is 30.3 Å². The van der Waals surface area contributed by atoms with E-state index in [9.17, 15) is 4.21 Å². The van der Waals surface area contributed by atoms with Crippen molar-refractivity contribution in [2.75, 3.05) is 49.9 Å². The number of nitrogens with one attached hydrogen (secondary N) is 1. The van der Waals surface area contributed by atoms with Crippen molar-refractivity contribution in [3.63, 3.8) is 0 Å². The highest BCUT2D eigenvalue weighted by atomic mass is 127. The van der Waals surface area contributed by atoms with Crippen molar-refractivity contribution >= 4 is 57.1 Å². The zero-order chi connectivity index (χ0) is 18.2. The zero-order valence-electron chi connectivity index (χ0n) is 15.5. The monoisotopic (exact) mass is 518 g/mol. The number of benzene rings is 1. The van der Waals surface area contributed by atoms with E-state index in [4.69, 9.17) is 4.99 Å². The van der Waals surface area contributed by atoms with Gasteiger partial charge in [-0.2, -0.15) is 0 Å². The summed E-state index contributed by atoms with van der Waals surface area (Å²) in [6.45, 7) is 7.39. The lowest BCUT2D eigenvalue weighted by Gasteiger charge is -2.37. The Hall–Kier alpha value is -1.13. The summed E-state index contributed by atoms with van der Waals surface area (Å²) in [6, 6.07) is 13.9. The van der Waals surface area contributed by atoms with Crippen LogP contribution < -0.4 is 10.2 Å². The predicted molar refractivity (Wildman–Crippen MR) is 127 cm³/mol. The summed E-state index contributed by atoms with van der Waals surface area (Å²) in [6.07, 6.45) is 0. The van der Waals surface area contributed by atoms with Crippen molar-refractivity contribution in [3.8, 4) is 0 Å². The Morgan fingerprint density at radius 2 is 1.89 bits per heavy atom. The Kier molecular flexibility index (Phi) is 9.57. The third-order valence-electron chi connectivity index (χ3n) is 4.28. The lowest BCUT2D eigenvalue weighted by molar-refractivity contribution is 0.374. The van der Waals surface area contributed by atoms with Gasteiger partial charge in [0.25, 0.3) is 0 Å². The van der Waals surface area contributed by atoms with E-state index >= 15 is 0 Å². The molecule has 2 aromatic rings. The summed E-state index contributed by atoms with van der Waals surface area (Å²) >= 11 is 1.79.